The number of rotatable bonds is 6. The Labute approximate surface area is 189 Å². The summed E-state index contributed by atoms with van der Waals surface area (Å²) in [6.45, 7) is 5.21. The topological polar surface area (TPSA) is 55.4 Å². The van der Waals surface area contributed by atoms with Crippen LogP contribution in [0.15, 0.2) is 36.4 Å². The van der Waals surface area contributed by atoms with E-state index in [-0.39, 0.29) is 5.91 Å². The Hall–Kier alpha value is -2.59. The molecule has 1 aliphatic rings. The van der Waals surface area contributed by atoms with Crippen LogP contribution < -0.4 is 10.1 Å². The van der Waals surface area contributed by atoms with Gasteiger partial charge >= 0.3 is 5.97 Å². The molecule has 4 nitrogen and oxygen atoms in total. The summed E-state index contributed by atoms with van der Waals surface area (Å²) in [5.41, 5.74) is 3.94. The smallest absolute Gasteiger partial charge is 0.308 e. The molecule has 0 atom stereocenters. The number of allylic oxidation sites excluding steroid dienone is 1. The monoisotopic (exact) mass is 439 g/mol. The maximum atomic E-state index is 13.0. The van der Waals surface area contributed by atoms with Crippen molar-refractivity contribution in [2.24, 2.45) is 5.92 Å². The van der Waals surface area contributed by atoms with Gasteiger partial charge in [0.2, 0.25) is 0 Å². The minimum absolute atomic E-state index is 0.241. The SMILES string of the molecule is CC(=O)Oc1ccc(Cl)c(NC(=O)c2c(C)cc(/C=C/CC3CCCCC3)cc2C)c1. The molecule has 1 amide bonds. The summed E-state index contributed by atoms with van der Waals surface area (Å²) in [7, 11) is 0. The molecule has 1 fully saturated rings. The van der Waals surface area contributed by atoms with Gasteiger partial charge in [0, 0.05) is 18.6 Å². The van der Waals surface area contributed by atoms with Crippen molar-refractivity contribution in [1.82, 2.24) is 0 Å². The lowest BCUT2D eigenvalue weighted by atomic mass is 9.87. The van der Waals surface area contributed by atoms with Gasteiger partial charge in [-0.1, -0.05) is 68.0 Å². The molecular weight excluding hydrogens is 410 g/mol. The zero-order chi connectivity index (χ0) is 22.4. The van der Waals surface area contributed by atoms with E-state index in [1.54, 1.807) is 18.2 Å². The molecule has 0 aliphatic heterocycles. The number of nitrogens with one attached hydrogen (secondary N) is 1. The lowest BCUT2D eigenvalue weighted by Crippen LogP contribution is -2.15. The number of amides is 1. The first-order chi connectivity index (χ1) is 14.8. The number of carbonyl (C=O) groups is 2. The lowest BCUT2D eigenvalue weighted by molar-refractivity contribution is -0.131. The second-order valence-electron chi connectivity index (χ2n) is 8.36. The Balaban J connectivity index is 1.72. The molecule has 3 rings (SSSR count). The van der Waals surface area contributed by atoms with E-state index in [9.17, 15) is 9.59 Å². The molecule has 0 bridgehead atoms. The van der Waals surface area contributed by atoms with E-state index in [1.807, 2.05) is 26.0 Å². The van der Waals surface area contributed by atoms with Gasteiger partial charge in [-0.3, -0.25) is 9.59 Å². The van der Waals surface area contributed by atoms with E-state index < -0.39 is 5.97 Å². The molecule has 31 heavy (non-hydrogen) atoms. The largest absolute Gasteiger partial charge is 0.427 e. The van der Waals surface area contributed by atoms with E-state index in [4.69, 9.17) is 16.3 Å². The van der Waals surface area contributed by atoms with Crippen LogP contribution in [0.2, 0.25) is 5.02 Å². The van der Waals surface area contributed by atoms with Crippen LogP contribution in [-0.2, 0) is 4.79 Å². The summed E-state index contributed by atoms with van der Waals surface area (Å²) >= 11 is 6.23. The molecule has 0 unspecified atom stereocenters. The number of benzene rings is 2. The van der Waals surface area contributed by atoms with Crippen LogP contribution in [0.1, 0.15) is 72.5 Å². The van der Waals surface area contributed by atoms with Gasteiger partial charge in [-0.15, -0.1) is 0 Å². The molecule has 1 N–H and O–H groups in total. The zero-order valence-corrected chi connectivity index (χ0v) is 19.2. The second-order valence-corrected chi connectivity index (χ2v) is 8.77. The maximum absolute atomic E-state index is 13.0. The van der Waals surface area contributed by atoms with E-state index in [0.717, 1.165) is 29.0 Å². The number of halogens is 1. The van der Waals surface area contributed by atoms with Crippen LogP contribution in [0.3, 0.4) is 0 Å². The number of esters is 1. The van der Waals surface area contributed by atoms with Gasteiger partial charge in [0.1, 0.15) is 5.75 Å². The van der Waals surface area contributed by atoms with Crippen molar-refractivity contribution in [3.8, 4) is 5.75 Å². The number of aryl methyl sites for hydroxylation is 2. The quantitative estimate of drug-likeness (QED) is 0.385. The lowest BCUT2D eigenvalue weighted by Gasteiger charge is -2.19. The molecule has 0 heterocycles. The Morgan fingerprint density at radius 3 is 2.42 bits per heavy atom. The van der Waals surface area contributed by atoms with Crippen LogP contribution >= 0.6 is 11.6 Å². The van der Waals surface area contributed by atoms with Crippen LogP contribution in [0.25, 0.3) is 6.08 Å². The third-order valence-corrected chi connectivity index (χ3v) is 6.06. The molecule has 5 heteroatoms. The van der Waals surface area contributed by atoms with E-state index in [2.05, 4.69) is 17.5 Å². The summed E-state index contributed by atoms with van der Waals surface area (Å²) in [4.78, 5) is 24.2. The van der Waals surface area contributed by atoms with Gasteiger partial charge in [0.15, 0.2) is 0 Å². The minimum atomic E-state index is -0.432. The van der Waals surface area contributed by atoms with Gasteiger partial charge in [0.05, 0.1) is 10.7 Å². The van der Waals surface area contributed by atoms with Crippen molar-refractivity contribution >= 4 is 35.2 Å². The predicted octanol–water partition coefficient (Wildman–Crippen LogP) is 7.12. The van der Waals surface area contributed by atoms with Crippen molar-refractivity contribution < 1.29 is 14.3 Å². The van der Waals surface area contributed by atoms with Gasteiger partial charge in [-0.2, -0.15) is 0 Å². The highest BCUT2D eigenvalue weighted by Crippen LogP contribution is 2.29. The first-order valence-corrected chi connectivity index (χ1v) is 11.3. The van der Waals surface area contributed by atoms with Crippen molar-refractivity contribution in [3.63, 3.8) is 0 Å². The summed E-state index contributed by atoms with van der Waals surface area (Å²) < 4.78 is 5.09. The zero-order valence-electron chi connectivity index (χ0n) is 18.5. The normalized spacial score (nSPS) is 14.6. The van der Waals surface area contributed by atoms with Crippen molar-refractivity contribution in [1.29, 1.82) is 0 Å². The number of hydrogen-bond donors (Lipinski definition) is 1. The van der Waals surface area contributed by atoms with E-state index in [0.29, 0.717) is 22.0 Å². The van der Waals surface area contributed by atoms with Crippen LogP contribution in [0.4, 0.5) is 5.69 Å². The van der Waals surface area contributed by atoms with Gasteiger partial charge in [-0.25, -0.2) is 0 Å². The molecule has 164 valence electrons. The number of hydrogen-bond acceptors (Lipinski definition) is 3. The fourth-order valence-electron chi connectivity index (χ4n) is 4.29. The molecule has 0 radical (unpaired) electrons. The van der Waals surface area contributed by atoms with Crippen molar-refractivity contribution in [2.45, 2.75) is 59.3 Å². The summed E-state index contributed by atoms with van der Waals surface area (Å²) in [6, 6.07) is 8.81. The summed E-state index contributed by atoms with van der Waals surface area (Å²) in [6.07, 6.45) is 12.3. The minimum Gasteiger partial charge on any atom is -0.427 e. The predicted molar refractivity (Wildman–Crippen MR) is 127 cm³/mol. The first kappa shape index (κ1) is 23.1. The molecule has 1 aliphatic carbocycles. The second kappa shape index (κ2) is 10.6. The van der Waals surface area contributed by atoms with E-state index in [1.165, 1.54) is 39.0 Å². The summed E-state index contributed by atoms with van der Waals surface area (Å²) in [5, 5.41) is 3.22. The maximum Gasteiger partial charge on any atom is 0.308 e. The molecule has 0 aromatic heterocycles. The summed E-state index contributed by atoms with van der Waals surface area (Å²) in [5.74, 6) is 0.469. The third kappa shape index (κ3) is 6.44. The highest BCUT2D eigenvalue weighted by molar-refractivity contribution is 6.34. The van der Waals surface area contributed by atoms with Gasteiger partial charge in [0.25, 0.3) is 5.91 Å². The van der Waals surface area contributed by atoms with Crippen LogP contribution in [-0.4, -0.2) is 11.9 Å². The highest BCUT2D eigenvalue weighted by Gasteiger charge is 2.16. The highest BCUT2D eigenvalue weighted by atomic mass is 35.5. The average Bonchev–Trinajstić information content (AvgIpc) is 2.70. The number of anilines is 1. The molecule has 2 aromatic rings. The van der Waals surface area contributed by atoms with Crippen molar-refractivity contribution in [3.05, 3.63) is 63.7 Å². The first-order valence-electron chi connectivity index (χ1n) is 10.9. The Morgan fingerprint density at radius 1 is 1.10 bits per heavy atom. The average molecular weight is 440 g/mol. The van der Waals surface area contributed by atoms with E-state index >= 15 is 0 Å². The van der Waals surface area contributed by atoms with Gasteiger partial charge < -0.3 is 10.1 Å². The van der Waals surface area contributed by atoms with Crippen LogP contribution in [0, 0.1) is 19.8 Å². The molecule has 0 spiro atoms. The Bertz CT molecular complexity index is 967. The Morgan fingerprint density at radius 2 is 1.77 bits per heavy atom. The molecule has 2 aromatic carbocycles. The fourth-order valence-corrected chi connectivity index (χ4v) is 4.45. The van der Waals surface area contributed by atoms with Crippen LogP contribution in [0.5, 0.6) is 5.75 Å². The van der Waals surface area contributed by atoms with Gasteiger partial charge in [-0.05, 0) is 55.0 Å². The fraction of sp³-hybridized carbons (Fsp3) is 0.385. The molecule has 0 saturated heterocycles. The van der Waals surface area contributed by atoms with Crippen molar-refractivity contribution in [2.75, 3.05) is 5.32 Å². The molecule has 1 saturated carbocycles. The molecular formula is C26H30ClNO3. The standard InChI is InChI=1S/C26H30ClNO3/c1-17-14-21(11-7-10-20-8-5-4-6-9-20)15-18(2)25(17)26(30)28-24-16-22(31-19(3)29)12-13-23(24)27/h7,11-16,20H,4-6,8-10H2,1-3H3,(H,28,30)/b11-7+. The number of carbonyl (C=O) groups excluding carboxylic acids is 2. The Kier molecular flexibility index (Phi) is 7.91. The number of ether oxygens (including phenoxy) is 1. The third-order valence-electron chi connectivity index (χ3n) is 5.73.